The second kappa shape index (κ2) is 10.3. The SMILES string of the molecule is CS(=O)(=O)CC1(NS(=O)(=O)c2cc(OC3=C(Cl)CC(n4nc(C(F)F)c(=O)[nH]c4=O)C=C3Cl)ccc2O)CC1. The van der Waals surface area contributed by atoms with E-state index in [0.29, 0.717) is 17.5 Å². The topological polar surface area (TPSA) is 178 Å². The van der Waals surface area contributed by atoms with Crippen molar-refractivity contribution in [2.75, 3.05) is 12.0 Å². The summed E-state index contributed by atoms with van der Waals surface area (Å²) in [5.74, 6) is -1.32. The van der Waals surface area contributed by atoms with Crippen molar-refractivity contribution >= 4 is 43.1 Å². The molecule has 1 saturated carbocycles. The second-order valence-corrected chi connectivity index (χ2v) is 13.8. The standard InChI is InChI=1S/C21H20Cl2F2N4O8S2/c1-38(33,34)9-21(4-5-21)28-39(35,36)15-8-11(2-3-14(15)30)37-17-12(22)6-10(7-13(17)23)29-20(32)26-19(31)16(27-29)18(24)25/h2-3,6,8,10,18,28,30H,4-5,7,9H2,1H3,(H,26,31,32). The van der Waals surface area contributed by atoms with Gasteiger partial charge in [0.1, 0.15) is 26.2 Å². The van der Waals surface area contributed by atoms with E-state index in [-0.39, 0.29) is 28.0 Å². The van der Waals surface area contributed by atoms with Crippen LogP contribution in [-0.4, -0.2) is 54.3 Å². The summed E-state index contributed by atoms with van der Waals surface area (Å²) in [5, 5.41) is 13.4. The van der Waals surface area contributed by atoms with Gasteiger partial charge in [-0.2, -0.15) is 5.10 Å². The molecule has 0 spiro atoms. The van der Waals surface area contributed by atoms with Gasteiger partial charge in [-0.1, -0.05) is 23.2 Å². The third-order valence-corrected chi connectivity index (χ3v) is 9.08. The third-order valence-electron chi connectivity index (χ3n) is 5.77. The Morgan fingerprint density at radius 2 is 1.92 bits per heavy atom. The Kier molecular flexibility index (Phi) is 7.72. The molecule has 212 valence electrons. The first-order valence-electron chi connectivity index (χ1n) is 11.0. The van der Waals surface area contributed by atoms with Gasteiger partial charge in [-0.05, 0) is 31.1 Å². The van der Waals surface area contributed by atoms with E-state index in [1.807, 2.05) is 0 Å². The van der Waals surface area contributed by atoms with Crippen LogP contribution in [0.5, 0.6) is 11.5 Å². The van der Waals surface area contributed by atoms with Crippen molar-refractivity contribution in [2.24, 2.45) is 0 Å². The lowest BCUT2D eigenvalue weighted by Crippen LogP contribution is -2.41. The lowest BCUT2D eigenvalue weighted by Gasteiger charge is -2.23. The van der Waals surface area contributed by atoms with E-state index in [2.05, 4.69) is 9.82 Å². The zero-order valence-electron chi connectivity index (χ0n) is 19.8. The fraction of sp³-hybridized carbons (Fsp3) is 0.381. The van der Waals surface area contributed by atoms with E-state index in [4.69, 9.17) is 27.9 Å². The van der Waals surface area contributed by atoms with Gasteiger partial charge in [-0.3, -0.25) is 9.78 Å². The van der Waals surface area contributed by atoms with E-state index >= 15 is 0 Å². The van der Waals surface area contributed by atoms with E-state index in [9.17, 15) is 40.3 Å². The first-order valence-corrected chi connectivity index (χ1v) is 15.3. The average molecular weight is 629 g/mol. The molecule has 1 unspecified atom stereocenters. The highest BCUT2D eigenvalue weighted by atomic mass is 35.5. The van der Waals surface area contributed by atoms with Gasteiger partial charge in [-0.25, -0.2) is 39.8 Å². The van der Waals surface area contributed by atoms with Crippen molar-refractivity contribution in [1.29, 1.82) is 0 Å². The normalized spacial score (nSPS) is 19.2. The molecule has 2 aromatic rings. The lowest BCUT2D eigenvalue weighted by molar-refractivity contribution is 0.140. The summed E-state index contributed by atoms with van der Waals surface area (Å²) in [4.78, 5) is 24.9. The Labute approximate surface area is 229 Å². The number of sulfone groups is 1. The van der Waals surface area contributed by atoms with Crippen LogP contribution in [0.3, 0.4) is 0 Å². The number of aromatic amines is 1. The predicted molar refractivity (Wildman–Crippen MR) is 135 cm³/mol. The van der Waals surface area contributed by atoms with Gasteiger partial charge in [0.25, 0.3) is 12.0 Å². The highest BCUT2D eigenvalue weighted by molar-refractivity contribution is 7.91. The number of ether oxygens (including phenoxy) is 1. The van der Waals surface area contributed by atoms with Gasteiger partial charge in [0.05, 0.1) is 21.9 Å². The number of phenols is 1. The van der Waals surface area contributed by atoms with Crippen molar-refractivity contribution in [2.45, 2.75) is 42.2 Å². The Morgan fingerprint density at radius 1 is 1.26 bits per heavy atom. The van der Waals surface area contributed by atoms with Gasteiger partial charge in [0.2, 0.25) is 10.0 Å². The summed E-state index contributed by atoms with van der Waals surface area (Å²) >= 11 is 12.6. The first kappa shape index (κ1) is 29.2. The third kappa shape index (κ3) is 6.51. The largest absolute Gasteiger partial charge is 0.507 e. The zero-order chi connectivity index (χ0) is 28.9. The molecule has 12 nitrogen and oxygen atoms in total. The molecule has 1 aromatic carbocycles. The van der Waals surface area contributed by atoms with Crippen molar-refractivity contribution in [3.8, 4) is 11.5 Å². The molecule has 4 rings (SSSR count). The van der Waals surface area contributed by atoms with Crippen LogP contribution in [0.2, 0.25) is 0 Å². The molecule has 0 radical (unpaired) electrons. The molecule has 3 N–H and O–H groups in total. The van der Waals surface area contributed by atoms with Gasteiger partial charge in [0.15, 0.2) is 11.5 Å². The molecule has 1 heterocycles. The molecular weight excluding hydrogens is 609 g/mol. The van der Waals surface area contributed by atoms with Gasteiger partial charge >= 0.3 is 5.69 Å². The van der Waals surface area contributed by atoms with Crippen LogP contribution in [-0.2, 0) is 19.9 Å². The number of hydrogen-bond donors (Lipinski definition) is 3. The van der Waals surface area contributed by atoms with Gasteiger partial charge in [0, 0.05) is 24.3 Å². The maximum atomic E-state index is 13.1. The smallest absolute Gasteiger partial charge is 0.345 e. The molecule has 2 aliphatic carbocycles. The van der Waals surface area contributed by atoms with E-state index in [0.717, 1.165) is 18.4 Å². The van der Waals surface area contributed by atoms with Crippen LogP contribution in [0, 0.1) is 0 Å². The minimum Gasteiger partial charge on any atom is -0.507 e. The van der Waals surface area contributed by atoms with Gasteiger partial charge < -0.3 is 9.84 Å². The predicted octanol–water partition coefficient (Wildman–Crippen LogP) is 2.03. The fourth-order valence-electron chi connectivity index (χ4n) is 3.92. The number of rotatable bonds is 9. The quantitative estimate of drug-likeness (QED) is 0.375. The number of hydrogen-bond acceptors (Lipinski definition) is 9. The molecule has 0 saturated heterocycles. The van der Waals surface area contributed by atoms with Crippen molar-refractivity contribution in [1.82, 2.24) is 19.5 Å². The van der Waals surface area contributed by atoms with Crippen molar-refractivity contribution in [3.05, 3.63) is 66.6 Å². The number of sulfonamides is 1. The minimum absolute atomic E-state index is 0.0910. The number of aromatic hydroxyl groups is 1. The molecular formula is C21H20Cl2F2N4O8S2. The summed E-state index contributed by atoms with van der Waals surface area (Å²) in [6, 6.07) is 2.16. The molecule has 39 heavy (non-hydrogen) atoms. The maximum absolute atomic E-state index is 13.1. The summed E-state index contributed by atoms with van der Waals surface area (Å²) in [7, 11) is -7.89. The van der Waals surface area contributed by atoms with Gasteiger partial charge in [-0.15, -0.1) is 0 Å². The molecule has 0 aliphatic heterocycles. The lowest BCUT2D eigenvalue weighted by atomic mass is 10.1. The number of benzene rings is 1. The van der Waals surface area contributed by atoms with Crippen LogP contribution in [0.1, 0.15) is 37.4 Å². The number of aromatic nitrogens is 3. The van der Waals surface area contributed by atoms with E-state index < -0.39 is 71.2 Å². The number of nitrogens with one attached hydrogen (secondary N) is 2. The molecule has 1 aromatic heterocycles. The van der Waals surface area contributed by atoms with Crippen LogP contribution < -0.4 is 20.7 Å². The van der Waals surface area contributed by atoms with Crippen LogP contribution in [0.15, 0.2) is 54.6 Å². The second-order valence-electron chi connectivity index (χ2n) is 9.10. The molecule has 1 atom stereocenters. The number of nitrogens with zero attached hydrogens (tertiary/aromatic N) is 2. The number of allylic oxidation sites excluding steroid dienone is 3. The van der Waals surface area contributed by atoms with Crippen LogP contribution in [0.25, 0.3) is 0 Å². The fourth-order valence-corrected chi connectivity index (χ4v) is 7.59. The van der Waals surface area contributed by atoms with Crippen molar-refractivity contribution < 1.29 is 35.5 Å². The molecule has 0 bridgehead atoms. The van der Waals surface area contributed by atoms with E-state index in [1.54, 1.807) is 4.98 Å². The highest BCUT2D eigenvalue weighted by Crippen LogP contribution is 2.40. The maximum Gasteiger partial charge on any atom is 0.345 e. The Bertz CT molecular complexity index is 1730. The first-order chi connectivity index (χ1) is 18.0. The van der Waals surface area contributed by atoms with Crippen LogP contribution in [0.4, 0.5) is 8.78 Å². The summed E-state index contributed by atoms with van der Waals surface area (Å²) in [5.41, 5.74) is -4.75. The molecule has 1 fully saturated rings. The number of halogens is 4. The number of phenolic OH excluding ortho intramolecular Hbond substituents is 1. The Hall–Kier alpha value is -2.79. The summed E-state index contributed by atoms with van der Waals surface area (Å²) in [6.45, 7) is 0. The minimum atomic E-state index is -4.39. The van der Waals surface area contributed by atoms with Crippen molar-refractivity contribution in [3.63, 3.8) is 0 Å². The Morgan fingerprint density at radius 3 is 2.49 bits per heavy atom. The number of alkyl halides is 2. The number of H-pyrrole nitrogens is 1. The molecule has 18 heteroatoms. The highest BCUT2D eigenvalue weighted by Gasteiger charge is 2.48. The zero-order valence-corrected chi connectivity index (χ0v) is 23.0. The van der Waals surface area contributed by atoms with E-state index in [1.165, 1.54) is 12.1 Å². The summed E-state index contributed by atoms with van der Waals surface area (Å²) in [6.07, 6.45) is -0.666. The monoisotopic (exact) mass is 628 g/mol. The molecule has 2 aliphatic rings. The average Bonchev–Trinajstić information content (AvgIpc) is 3.52. The Balaban J connectivity index is 1.59. The van der Waals surface area contributed by atoms with Crippen LogP contribution >= 0.6 is 23.2 Å². The molecule has 0 amide bonds. The summed E-state index contributed by atoms with van der Waals surface area (Å²) < 4.78 is 84.1.